The first kappa shape index (κ1) is 19.8. The van der Waals surface area contributed by atoms with Crippen molar-refractivity contribution in [3.63, 3.8) is 0 Å². The molecule has 0 spiro atoms. The molecule has 0 saturated heterocycles. The van der Waals surface area contributed by atoms with E-state index in [1.54, 1.807) is 19.4 Å². The van der Waals surface area contributed by atoms with E-state index in [4.69, 9.17) is 4.74 Å². The first-order chi connectivity index (χ1) is 13.5. The number of aromatic nitrogens is 2. The van der Waals surface area contributed by atoms with Gasteiger partial charge >= 0.3 is 0 Å². The lowest BCUT2D eigenvalue weighted by molar-refractivity contribution is 0.102. The summed E-state index contributed by atoms with van der Waals surface area (Å²) in [6, 6.07) is 9.59. The van der Waals surface area contributed by atoms with Crippen LogP contribution in [0.15, 0.2) is 41.9 Å². The Bertz CT molecular complexity index is 949. The van der Waals surface area contributed by atoms with Crippen LogP contribution in [0.3, 0.4) is 0 Å². The molecule has 0 fully saturated rings. The monoisotopic (exact) mass is 396 g/mol. The van der Waals surface area contributed by atoms with Crippen LogP contribution in [-0.4, -0.2) is 36.1 Å². The summed E-state index contributed by atoms with van der Waals surface area (Å²) in [7, 11) is 1.64. The van der Waals surface area contributed by atoms with Gasteiger partial charge in [0.1, 0.15) is 11.6 Å². The van der Waals surface area contributed by atoms with Crippen LogP contribution in [0.2, 0.25) is 0 Å². The third-order valence-corrected chi connectivity index (χ3v) is 5.21. The number of carbonyl (C=O) groups excluding carboxylic acids is 1. The van der Waals surface area contributed by atoms with Crippen molar-refractivity contribution >= 4 is 28.2 Å². The highest BCUT2D eigenvalue weighted by Crippen LogP contribution is 2.33. The van der Waals surface area contributed by atoms with Crippen molar-refractivity contribution in [2.45, 2.75) is 20.8 Å². The Morgan fingerprint density at radius 2 is 2.00 bits per heavy atom. The molecule has 2 aromatic heterocycles. The zero-order valence-corrected chi connectivity index (χ0v) is 17.3. The van der Waals surface area contributed by atoms with E-state index in [0.717, 1.165) is 41.5 Å². The normalized spacial score (nSPS) is 10.6. The van der Waals surface area contributed by atoms with E-state index in [1.165, 1.54) is 11.3 Å². The number of carbonyl (C=O) groups is 1. The van der Waals surface area contributed by atoms with Crippen LogP contribution in [0.25, 0.3) is 11.3 Å². The maximum absolute atomic E-state index is 12.5. The molecule has 0 unspecified atom stereocenters. The molecule has 28 heavy (non-hydrogen) atoms. The summed E-state index contributed by atoms with van der Waals surface area (Å²) in [6.07, 6.45) is 1.60. The lowest BCUT2D eigenvalue weighted by Crippen LogP contribution is -2.23. The van der Waals surface area contributed by atoms with Crippen molar-refractivity contribution in [2.75, 3.05) is 30.4 Å². The number of benzene rings is 1. The molecule has 0 aliphatic heterocycles. The second kappa shape index (κ2) is 8.84. The first-order valence-electron chi connectivity index (χ1n) is 9.18. The second-order valence-corrected chi connectivity index (χ2v) is 7.13. The van der Waals surface area contributed by atoms with Crippen LogP contribution in [0.1, 0.15) is 29.8 Å². The number of rotatable bonds is 7. The van der Waals surface area contributed by atoms with Gasteiger partial charge in [-0.2, -0.15) is 0 Å². The van der Waals surface area contributed by atoms with Crippen molar-refractivity contribution in [3.8, 4) is 17.0 Å². The number of thiazole rings is 1. The molecule has 6 nitrogen and oxygen atoms in total. The van der Waals surface area contributed by atoms with Gasteiger partial charge in [0.15, 0.2) is 5.13 Å². The largest absolute Gasteiger partial charge is 0.496 e. The molecule has 0 saturated carbocycles. The Balaban J connectivity index is 1.75. The van der Waals surface area contributed by atoms with E-state index in [-0.39, 0.29) is 5.91 Å². The van der Waals surface area contributed by atoms with Crippen LogP contribution in [0.4, 0.5) is 10.9 Å². The van der Waals surface area contributed by atoms with Gasteiger partial charge < -0.3 is 9.64 Å². The molecule has 1 N–H and O–H groups in total. The van der Waals surface area contributed by atoms with E-state index < -0.39 is 0 Å². The summed E-state index contributed by atoms with van der Waals surface area (Å²) in [5.41, 5.74) is 3.30. The Morgan fingerprint density at radius 1 is 1.21 bits per heavy atom. The molecule has 146 valence electrons. The van der Waals surface area contributed by atoms with Gasteiger partial charge in [0.2, 0.25) is 0 Å². The molecule has 3 aromatic rings. The molecule has 0 bridgehead atoms. The fourth-order valence-corrected chi connectivity index (χ4v) is 3.61. The number of nitrogens with zero attached hydrogens (tertiary/aromatic N) is 3. The number of pyridine rings is 1. The maximum Gasteiger partial charge on any atom is 0.259 e. The van der Waals surface area contributed by atoms with E-state index >= 15 is 0 Å². The fourth-order valence-electron chi connectivity index (χ4n) is 2.90. The molecular weight excluding hydrogens is 372 g/mol. The zero-order valence-electron chi connectivity index (χ0n) is 16.5. The average molecular weight is 397 g/mol. The summed E-state index contributed by atoms with van der Waals surface area (Å²) in [6.45, 7) is 7.93. The summed E-state index contributed by atoms with van der Waals surface area (Å²) >= 11 is 1.38. The Labute approximate surface area is 169 Å². The quantitative estimate of drug-likeness (QED) is 0.631. The number of ether oxygens (including phenoxy) is 1. The van der Waals surface area contributed by atoms with Gasteiger partial charge in [0.05, 0.1) is 18.4 Å². The first-order valence-corrected chi connectivity index (χ1v) is 10.1. The van der Waals surface area contributed by atoms with Crippen molar-refractivity contribution in [3.05, 3.63) is 53.0 Å². The topological polar surface area (TPSA) is 67.4 Å². The summed E-state index contributed by atoms with van der Waals surface area (Å²) < 4.78 is 5.43. The van der Waals surface area contributed by atoms with Gasteiger partial charge in [-0.25, -0.2) is 9.97 Å². The third-order valence-electron chi connectivity index (χ3n) is 4.45. The summed E-state index contributed by atoms with van der Waals surface area (Å²) in [4.78, 5) is 23.6. The van der Waals surface area contributed by atoms with Crippen molar-refractivity contribution in [1.82, 2.24) is 9.97 Å². The highest BCUT2D eigenvalue weighted by Gasteiger charge is 2.14. The highest BCUT2D eigenvalue weighted by atomic mass is 32.1. The number of hydrogen-bond donors (Lipinski definition) is 1. The molecule has 0 radical (unpaired) electrons. The predicted molar refractivity (Wildman–Crippen MR) is 115 cm³/mol. The maximum atomic E-state index is 12.5. The molecule has 1 amide bonds. The summed E-state index contributed by atoms with van der Waals surface area (Å²) in [5, 5.41) is 5.30. The standard InChI is InChI=1S/C21H24N4O2S/c1-5-25(6-2)19-10-8-15(12-22-19)20(26)24-21-23-17(13-28-21)16-11-14(3)7-9-18(16)27-4/h7-13H,5-6H2,1-4H3,(H,23,24,26). The van der Waals surface area contributed by atoms with Gasteiger partial charge in [0, 0.05) is 30.2 Å². The van der Waals surface area contributed by atoms with Gasteiger partial charge in [0.25, 0.3) is 5.91 Å². The second-order valence-electron chi connectivity index (χ2n) is 6.27. The van der Waals surface area contributed by atoms with Gasteiger partial charge in [-0.3, -0.25) is 10.1 Å². The minimum Gasteiger partial charge on any atom is -0.496 e. The van der Waals surface area contributed by atoms with Crippen LogP contribution in [0, 0.1) is 6.92 Å². The number of nitrogens with one attached hydrogen (secondary N) is 1. The predicted octanol–water partition coefficient (Wildman–Crippen LogP) is 4.62. The number of amides is 1. The Hall–Kier alpha value is -2.93. The summed E-state index contributed by atoms with van der Waals surface area (Å²) in [5.74, 6) is 1.39. The van der Waals surface area contributed by atoms with E-state index in [1.807, 2.05) is 36.6 Å². The van der Waals surface area contributed by atoms with Crippen LogP contribution >= 0.6 is 11.3 Å². The van der Waals surface area contributed by atoms with Crippen molar-refractivity contribution < 1.29 is 9.53 Å². The average Bonchev–Trinajstić information content (AvgIpc) is 3.17. The molecule has 0 aliphatic rings. The molecular formula is C21H24N4O2S. The van der Waals surface area contributed by atoms with Gasteiger partial charge in [-0.15, -0.1) is 11.3 Å². The minimum atomic E-state index is -0.226. The Kier molecular flexibility index (Phi) is 6.26. The van der Waals surface area contributed by atoms with Crippen molar-refractivity contribution in [1.29, 1.82) is 0 Å². The van der Waals surface area contributed by atoms with Crippen LogP contribution in [0.5, 0.6) is 5.75 Å². The molecule has 0 atom stereocenters. The van der Waals surface area contributed by atoms with Crippen LogP contribution < -0.4 is 15.0 Å². The van der Waals surface area contributed by atoms with Gasteiger partial charge in [-0.05, 0) is 45.0 Å². The van der Waals surface area contributed by atoms with E-state index in [9.17, 15) is 4.79 Å². The molecule has 3 rings (SSSR count). The molecule has 1 aromatic carbocycles. The smallest absolute Gasteiger partial charge is 0.259 e. The van der Waals surface area contributed by atoms with Gasteiger partial charge in [-0.1, -0.05) is 11.6 Å². The van der Waals surface area contributed by atoms with Crippen molar-refractivity contribution in [2.24, 2.45) is 0 Å². The van der Waals surface area contributed by atoms with E-state index in [0.29, 0.717) is 10.7 Å². The molecule has 7 heteroatoms. The Morgan fingerprint density at radius 3 is 2.64 bits per heavy atom. The SMILES string of the molecule is CCN(CC)c1ccc(C(=O)Nc2nc(-c3cc(C)ccc3OC)cs2)cn1. The number of aryl methyl sites for hydroxylation is 1. The third kappa shape index (κ3) is 4.31. The lowest BCUT2D eigenvalue weighted by Gasteiger charge is -2.19. The molecule has 2 heterocycles. The molecule has 0 aliphatic carbocycles. The minimum absolute atomic E-state index is 0.226. The highest BCUT2D eigenvalue weighted by molar-refractivity contribution is 7.14. The number of methoxy groups -OCH3 is 1. The number of hydrogen-bond acceptors (Lipinski definition) is 6. The zero-order chi connectivity index (χ0) is 20.1. The fraction of sp³-hybridized carbons (Fsp3) is 0.286. The van der Waals surface area contributed by atoms with E-state index in [2.05, 4.69) is 34.0 Å². The number of anilines is 2. The van der Waals surface area contributed by atoms with Crippen LogP contribution in [-0.2, 0) is 0 Å². The lowest BCUT2D eigenvalue weighted by atomic mass is 10.1.